The highest BCUT2D eigenvalue weighted by molar-refractivity contribution is 9.10. The molecule has 3 atom stereocenters. The van der Waals surface area contributed by atoms with Crippen molar-refractivity contribution in [1.29, 1.82) is 0 Å². The molecule has 1 saturated carbocycles. The van der Waals surface area contributed by atoms with Crippen LogP contribution in [0.3, 0.4) is 0 Å². The number of hydrogen-bond donors (Lipinski definition) is 1. The lowest BCUT2D eigenvalue weighted by Gasteiger charge is -2.42. The molecule has 38 heavy (non-hydrogen) atoms. The van der Waals surface area contributed by atoms with Crippen molar-refractivity contribution in [2.75, 3.05) is 26.3 Å². The summed E-state index contributed by atoms with van der Waals surface area (Å²) >= 11 is 3.54. The molecule has 3 aliphatic rings. The van der Waals surface area contributed by atoms with E-state index in [0.717, 1.165) is 22.9 Å². The maximum Gasteiger partial charge on any atom is 0.409 e. The quantitative estimate of drug-likeness (QED) is 0.366. The number of carbonyl (C=O) groups excluding carboxylic acids is 1. The van der Waals surface area contributed by atoms with Crippen LogP contribution in [0.15, 0.2) is 77.3 Å². The number of hydrogen-bond acceptors (Lipinski definition) is 4. The highest BCUT2D eigenvalue weighted by Crippen LogP contribution is 2.49. The van der Waals surface area contributed by atoms with Crippen LogP contribution >= 0.6 is 15.9 Å². The third kappa shape index (κ3) is 4.63. The average molecular weight is 576 g/mol. The number of amides is 1. The Morgan fingerprint density at radius 1 is 0.947 bits per heavy atom. The number of aliphatic carboxylic acids is 1. The lowest BCUT2D eigenvalue weighted by atomic mass is 9.70. The summed E-state index contributed by atoms with van der Waals surface area (Å²) in [5.74, 6) is -0.376. The lowest BCUT2D eigenvalue weighted by Crippen LogP contribution is -2.40. The minimum absolute atomic E-state index is 0.0322. The van der Waals surface area contributed by atoms with Crippen molar-refractivity contribution in [1.82, 2.24) is 4.90 Å². The first-order valence-corrected chi connectivity index (χ1v) is 13.9. The zero-order chi connectivity index (χ0) is 26.3. The molecule has 6 nitrogen and oxygen atoms in total. The molecule has 6 rings (SSSR count). The number of likely N-dealkylation sites (tertiary alicyclic amines) is 1. The summed E-state index contributed by atoms with van der Waals surface area (Å²) in [6.45, 7) is 1.21. The smallest absolute Gasteiger partial charge is 0.409 e. The number of nitrogens with zero attached hydrogens (tertiary/aromatic N) is 1. The molecule has 196 valence electrons. The Kier molecular flexibility index (Phi) is 6.74. The van der Waals surface area contributed by atoms with Gasteiger partial charge in [-0.15, -0.1) is 0 Å². The summed E-state index contributed by atoms with van der Waals surface area (Å²) in [5.41, 5.74) is 5.12. The molecule has 1 saturated heterocycles. The second-order valence-electron chi connectivity index (χ2n) is 10.7. The van der Waals surface area contributed by atoms with Gasteiger partial charge in [-0.3, -0.25) is 0 Å². The van der Waals surface area contributed by atoms with Gasteiger partial charge in [0, 0.05) is 23.5 Å². The van der Waals surface area contributed by atoms with Crippen molar-refractivity contribution in [2.45, 2.75) is 30.8 Å². The SMILES string of the molecule is O=C(O)COC1(c2cccc(Br)c2)CCC2CN(C(=O)OCC3c4ccccc4-c4ccccc43)CC2C1. The van der Waals surface area contributed by atoms with Crippen LogP contribution in [-0.2, 0) is 19.9 Å². The molecule has 1 N–H and O–H groups in total. The van der Waals surface area contributed by atoms with Gasteiger partial charge in [0.15, 0.2) is 0 Å². The summed E-state index contributed by atoms with van der Waals surface area (Å²) in [7, 11) is 0. The highest BCUT2D eigenvalue weighted by Gasteiger charge is 2.48. The van der Waals surface area contributed by atoms with Gasteiger partial charge in [-0.25, -0.2) is 9.59 Å². The predicted molar refractivity (Wildman–Crippen MR) is 147 cm³/mol. The molecular formula is C31H30BrNO5. The maximum atomic E-state index is 13.2. The fraction of sp³-hybridized carbons (Fsp3) is 0.355. The molecular weight excluding hydrogens is 546 g/mol. The van der Waals surface area contributed by atoms with Crippen LogP contribution in [0.5, 0.6) is 0 Å². The first-order chi connectivity index (χ1) is 18.4. The molecule has 1 amide bonds. The number of carboxylic acid groups (broad SMARTS) is 1. The predicted octanol–water partition coefficient (Wildman–Crippen LogP) is 6.43. The number of benzene rings is 3. The molecule has 3 aromatic carbocycles. The molecule has 2 aliphatic carbocycles. The van der Waals surface area contributed by atoms with Gasteiger partial charge in [0.05, 0.1) is 5.60 Å². The van der Waals surface area contributed by atoms with Crippen LogP contribution in [0.1, 0.15) is 41.9 Å². The molecule has 0 aromatic heterocycles. The molecule has 2 fully saturated rings. The fourth-order valence-corrected chi connectivity index (χ4v) is 7.12. The Morgan fingerprint density at radius 3 is 2.32 bits per heavy atom. The van der Waals surface area contributed by atoms with Gasteiger partial charge >= 0.3 is 12.1 Å². The van der Waals surface area contributed by atoms with Crippen LogP contribution in [0.4, 0.5) is 4.79 Å². The summed E-state index contributed by atoms with van der Waals surface area (Å²) in [6, 6.07) is 24.6. The Balaban J connectivity index is 1.15. The second kappa shape index (κ2) is 10.2. The summed E-state index contributed by atoms with van der Waals surface area (Å²) < 4.78 is 13.0. The Labute approximate surface area is 230 Å². The highest BCUT2D eigenvalue weighted by atomic mass is 79.9. The molecule has 7 heteroatoms. The van der Waals surface area contributed by atoms with Crippen LogP contribution in [0.25, 0.3) is 11.1 Å². The number of ether oxygens (including phenoxy) is 2. The molecule has 3 aromatic rings. The first kappa shape index (κ1) is 25.1. The molecule has 0 spiro atoms. The van der Waals surface area contributed by atoms with Crippen LogP contribution in [0, 0.1) is 11.8 Å². The van der Waals surface area contributed by atoms with Gasteiger partial charge in [-0.05, 0) is 71.0 Å². The average Bonchev–Trinajstić information content (AvgIpc) is 3.49. The number of halogens is 1. The normalized spacial score (nSPS) is 24.0. The van der Waals surface area contributed by atoms with E-state index in [9.17, 15) is 14.7 Å². The van der Waals surface area contributed by atoms with Gasteiger partial charge in [0.2, 0.25) is 0 Å². The molecule has 1 heterocycles. The topological polar surface area (TPSA) is 76.1 Å². The third-order valence-electron chi connectivity index (χ3n) is 8.50. The summed E-state index contributed by atoms with van der Waals surface area (Å²) in [4.78, 5) is 26.5. The number of fused-ring (bicyclic) bond motifs is 4. The van der Waals surface area contributed by atoms with E-state index in [1.165, 1.54) is 22.3 Å². The Bertz CT molecular complexity index is 1330. The monoisotopic (exact) mass is 575 g/mol. The number of rotatable bonds is 6. The Morgan fingerprint density at radius 2 is 1.63 bits per heavy atom. The minimum Gasteiger partial charge on any atom is -0.480 e. The summed E-state index contributed by atoms with van der Waals surface area (Å²) in [6.07, 6.45) is 1.98. The largest absolute Gasteiger partial charge is 0.480 e. The van der Waals surface area contributed by atoms with E-state index in [2.05, 4.69) is 40.2 Å². The van der Waals surface area contributed by atoms with Crippen molar-refractivity contribution < 1.29 is 24.2 Å². The minimum atomic E-state index is -0.979. The number of carbonyl (C=O) groups is 2. The van der Waals surface area contributed by atoms with Gasteiger partial charge in [0.25, 0.3) is 0 Å². The molecule has 1 aliphatic heterocycles. The van der Waals surface area contributed by atoms with Crippen molar-refractivity contribution in [3.05, 3.63) is 94.0 Å². The Hall–Kier alpha value is -3.16. The van der Waals surface area contributed by atoms with E-state index in [4.69, 9.17) is 9.47 Å². The zero-order valence-electron chi connectivity index (χ0n) is 21.0. The van der Waals surface area contributed by atoms with Crippen LogP contribution in [0.2, 0.25) is 0 Å². The van der Waals surface area contributed by atoms with E-state index in [1.807, 2.05) is 53.4 Å². The van der Waals surface area contributed by atoms with E-state index in [0.29, 0.717) is 32.0 Å². The van der Waals surface area contributed by atoms with Gasteiger partial charge in [0.1, 0.15) is 13.2 Å². The van der Waals surface area contributed by atoms with Crippen molar-refractivity contribution >= 4 is 28.0 Å². The molecule has 0 bridgehead atoms. The number of carboxylic acids is 1. The third-order valence-corrected chi connectivity index (χ3v) is 9.00. The zero-order valence-corrected chi connectivity index (χ0v) is 22.6. The standard InChI is InChI=1S/C31H30BrNO5/c32-23-7-5-6-22(14-23)31(38-19-29(34)35)13-12-20-16-33(17-21(20)15-31)30(36)37-18-28-26-10-3-1-8-24(26)25-9-2-4-11-27(25)28/h1-11,14,20-21,28H,12-13,15-19H2,(H,34,35). The fourth-order valence-electron chi connectivity index (χ4n) is 6.72. The van der Waals surface area contributed by atoms with E-state index >= 15 is 0 Å². The van der Waals surface area contributed by atoms with Gasteiger partial charge < -0.3 is 19.5 Å². The first-order valence-electron chi connectivity index (χ1n) is 13.2. The van der Waals surface area contributed by atoms with E-state index in [-0.39, 0.29) is 24.5 Å². The molecule has 3 unspecified atom stereocenters. The maximum absolute atomic E-state index is 13.2. The van der Waals surface area contributed by atoms with Crippen molar-refractivity contribution in [2.24, 2.45) is 11.8 Å². The van der Waals surface area contributed by atoms with Crippen molar-refractivity contribution in [3.63, 3.8) is 0 Å². The van der Waals surface area contributed by atoms with E-state index in [1.54, 1.807) is 0 Å². The van der Waals surface area contributed by atoms with E-state index < -0.39 is 11.6 Å². The molecule has 0 radical (unpaired) electrons. The van der Waals surface area contributed by atoms with Gasteiger partial charge in [-0.1, -0.05) is 76.6 Å². The van der Waals surface area contributed by atoms with Crippen LogP contribution in [-0.4, -0.2) is 48.4 Å². The lowest BCUT2D eigenvalue weighted by molar-refractivity contribution is -0.156. The summed E-state index contributed by atoms with van der Waals surface area (Å²) in [5, 5.41) is 9.33. The van der Waals surface area contributed by atoms with Gasteiger partial charge in [-0.2, -0.15) is 0 Å². The van der Waals surface area contributed by atoms with Crippen LogP contribution < -0.4 is 0 Å². The van der Waals surface area contributed by atoms with Crippen molar-refractivity contribution in [3.8, 4) is 11.1 Å². The second-order valence-corrected chi connectivity index (χ2v) is 11.6.